The van der Waals surface area contributed by atoms with Crippen molar-refractivity contribution in [1.29, 1.82) is 0 Å². The van der Waals surface area contributed by atoms with E-state index in [0.29, 0.717) is 30.5 Å². The van der Waals surface area contributed by atoms with Gasteiger partial charge in [-0.2, -0.15) is 5.10 Å². The van der Waals surface area contributed by atoms with Crippen LogP contribution in [0, 0.1) is 0 Å². The minimum Gasteiger partial charge on any atom is -0.365 e. The molecule has 1 fully saturated rings. The molecule has 2 amide bonds. The van der Waals surface area contributed by atoms with E-state index >= 15 is 0 Å². The highest BCUT2D eigenvalue weighted by Gasteiger charge is 2.24. The van der Waals surface area contributed by atoms with Gasteiger partial charge >= 0.3 is 0 Å². The van der Waals surface area contributed by atoms with Gasteiger partial charge in [0.25, 0.3) is 5.56 Å². The van der Waals surface area contributed by atoms with Gasteiger partial charge in [0.15, 0.2) is 5.82 Å². The van der Waals surface area contributed by atoms with Crippen molar-refractivity contribution in [3.63, 3.8) is 0 Å². The summed E-state index contributed by atoms with van der Waals surface area (Å²) in [7, 11) is 0. The Balaban J connectivity index is 1.24. The number of H-pyrrole nitrogens is 1. The largest absolute Gasteiger partial charge is 0.365 e. The molecular formula is C25H29N5O3. The Hall–Kier alpha value is -3.68. The summed E-state index contributed by atoms with van der Waals surface area (Å²) in [6.07, 6.45) is 4.81. The zero-order chi connectivity index (χ0) is 23.0. The van der Waals surface area contributed by atoms with Crippen molar-refractivity contribution in [2.24, 2.45) is 0 Å². The van der Waals surface area contributed by atoms with Crippen LogP contribution in [0.4, 0.5) is 11.5 Å². The van der Waals surface area contributed by atoms with E-state index in [-0.39, 0.29) is 29.5 Å². The number of nitrogens with one attached hydrogen (secondary N) is 4. The van der Waals surface area contributed by atoms with Crippen LogP contribution in [0.3, 0.4) is 0 Å². The molecule has 0 aliphatic heterocycles. The molecule has 2 aromatic carbocycles. The highest BCUT2D eigenvalue weighted by molar-refractivity contribution is 5.91. The lowest BCUT2D eigenvalue weighted by molar-refractivity contribution is -0.122. The van der Waals surface area contributed by atoms with Gasteiger partial charge in [0, 0.05) is 36.0 Å². The minimum absolute atomic E-state index is 0.0271. The number of carbonyl (C=O) groups excluding carboxylic acids is 2. The molecule has 4 N–H and O–H groups in total. The number of hydrogen-bond acceptors (Lipinski definition) is 5. The third-order valence-corrected chi connectivity index (χ3v) is 5.94. The van der Waals surface area contributed by atoms with E-state index in [4.69, 9.17) is 0 Å². The Labute approximate surface area is 192 Å². The summed E-state index contributed by atoms with van der Waals surface area (Å²) in [6.45, 7) is 0. The quantitative estimate of drug-likeness (QED) is 0.421. The maximum atomic E-state index is 12.4. The summed E-state index contributed by atoms with van der Waals surface area (Å²) in [5.41, 5.74) is 0.555. The van der Waals surface area contributed by atoms with Gasteiger partial charge in [-0.3, -0.25) is 14.4 Å². The van der Waals surface area contributed by atoms with Crippen molar-refractivity contribution >= 4 is 34.1 Å². The van der Waals surface area contributed by atoms with Gasteiger partial charge in [0.2, 0.25) is 11.8 Å². The van der Waals surface area contributed by atoms with Crippen molar-refractivity contribution in [1.82, 2.24) is 15.5 Å². The first-order valence-corrected chi connectivity index (χ1v) is 11.5. The summed E-state index contributed by atoms with van der Waals surface area (Å²) in [5.74, 6) is 0.545. The number of benzene rings is 2. The molecule has 0 spiro atoms. The van der Waals surface area contributed by atoms with Gasteiger partial charge in [-0.05, 0) is 50.3 Å². The zero-order valence-corrected chi connectivity index (χ0v) is 18.5. The fourth-order valence-corrected chi connectivity index (χ4v) is 4.32. The Morgan fingerprint density at radius 1 is 0.909 bits per heavy atom. The number of nitrogens with zero attached hydrogens (tertiary/aromatic N) is 1. The summed E-state index contributed by atoms with van der Waals surface area (Å²) in [6, 6.07) is 16.9. The predicted octanol–water partition coefficient (Wildman–Crippen LogP) is 3.57. The second-order valence-corrected chi connectivity index (χ2v) is 8.49. The molecular weight excluding hydrogens is 418 g/mol. The van der Waals surface area contributed by atoms with E-state index in [0.717, 1.165) is 36.8 Å². The van der Waals surface area contributed by atoms with E-state index in [9.17, 15) is 14.4 Å². The highest BCUT2D eigenvalue weighted by Crippen LogP contribution is 2.24. The van der Waals surface area contributed by atoms with Crippen LogP contribution in [0.2, 0.25) is 0 Å². The molecule has 0 saturated heterocycles. The number of carbonyl (C=O) groups is 2. The minimum atomic E-state index is -0.206. The van der Waals surface area contributed by atoms with Crippen LogP contribution in [0.5, 0.6) is 0 Å². The molecule has 1 aliphatic carbocycles. The normalized spacial score (nSPS) is 17.9. The maximum absolute atomic E-state index is 12.4. The smallest absolute Gasteiger partial charge is 0.272 e. The van der Waals surface area contributed by atoms with Gasteiger partial charge in [0.05, 0.1) is 5.39 Å². The Kier molecular flexibility index (Phi) is 7.34. The lowest BCUT2D eigenvalue weighted by Crippen LogP contribution is -2.42. The second kappa shape index (κ2) is 10.8. The number of aromatic amines is 1. The van der Waals surface area contributed by atoms with E-state index in [2.05, 4.69) is 26.1 Å². The summed E-state index contributed by atoms with van der Waals surface area (Å²) < 4.78 is 0. The summed E-state index contributed by atoms with van der Waals surface area (Å²) >= 11 is 0. The lowest BCUT2D eigenvalue weighted by atomic mass is 9.90. The molecule has 3 aromatic rings. The van der Waals surface area contributed by atoms with Gasteiger partial charge in [-0.15, -0.1) is 0 Å². The van der Waals surface area contributed by atoms with Crippen LogP contribution in [0.25, 0.3) is 10.8 Å². The molecule has 1 heterocycles. The molecule has 33 heavy (non-hydrogen) atoms. The monoisotopic (exact) mass is 447 g/mol. The zero-order valence-electron chi connectivity index (χ0n) is 18.5. The van der Waals surface area contributed by atoms with E-state index in [1.165, 1.54) is 0 Å². The van der Waals surface area contributed by atoms with Gasteiger partial charge in [0.1, 0.15) is 0 Å². The first-order valence-electron chi connectivity index (χ1n) is 11.5. The first kappa shape index (κ1) is 22.5. The lowest BCUT2D eigenvalue weighted by Gasteiger charge is -2.30. The number of rotatable bonds is 8. The second-order valence-electron chi connectivity index (χ2n) is 8.49. The average Bonchev–Trinajstić information content (AvgIpc) is 2.82. The molecule has 1 aromatic heterocycles. The van der Waals surface area contributed by atoms with E-state index in [1.54, 1.807) is 6.07 Å². The molecule has 4 rings (SSSR count). The van der Waals surface area contributed by atoms with Crippen LogP contribution in [0.1, 0.15) is 44.9 Å². The fourth-order valence-electron chi connectivity index (χ4n) is 4.32. The van der Waals surface area contributed by atoms with Crippen LogP contribution >= 0.6 is 0 Å². The van der Waals surface area contributed by atoms with Crippen molar-refractivity contribution < 1.29 is 9.59 Å². The Bertz CT molecular complexity index is 1160. The number of fused-ring (bicyclic) bond motifs is 1. The number of hydrogen-bond donors (Lipinski definition) is 4. The van der Waals surface area contributed by atoms with Gasteiger partial charge < -0.3 is 16.0 Å². The molecule has 8 heteroatoms. The molecule has 2 atom stereocenters. The van der Waals surface area contributed by atoms with Crippen LogP contribution in [-0.2, 0) is 9.59 Å². The highest BCUT2D eigenvalue weighted by atomic mass is 16.2. The van der Waals surface area contributed by atoms with E-state index in [1.807, 2.05) is 48.5 Å². The van der Waals surface area contributed by atoms with Crippen molar-refractivity contribution in [2.75, 3.05) is 10.6 Å². The third-order valence-electron chi connectivity index (χ3n) is 5.94. The number of para-hydroxylation sites is 1. The Morgan fingerprint density at radius 2 is 1.61 bits per heavy atom. The van der Waals surface area contributed by atoms with E-state index < -0.39 is 0 Å². The molecule has 172 valence electrons. The van der Waals surface area contributed by atoms with Crippen LogP contribution in [-0.4, -0.2) is 34.1 Å². The molecule has 0 bridgehead atoms. The van der Waals surface area contributed by atoms with Crippen molar-refractivity contribution in [2.45, 2.75) is 57.0 Å². The molecule has 8 nitrogen and oxygen atoms in total. The van der Waals surface area contributed by atoms with Gasteiger partial charge in [-0.1, -0.05) is 36.4 Å². The first-order chi connectivity index (χ1) is 16.1. The van der Waals surface area contributed by atoms with Crippen LogP contribution in [0.15, 0.2) is 59.4 Å². The number of amides is 2. The molecule has 1 aliphatic rings. The van der Waals surface area contributed by atoms with Crippen molar-refractivity contribution in [3.05, 3.63) is 65.0 Å². The van der Waals surface area contributed by atoms with Crippen molar-refractivity contribution in [3.8, 4) is 0 Å². The fraction of sp³-hybridized carbons (Fsp3) is 0.360. The third kappa shape index (κ3) is 6.19. The SMILES string of the molecule is O=C(CCCC(=O)NC1CCCC(Nc2n[nH]c(=O)c3ccccc23)C1)Nc1ccccc1. The number of aromatic nitrogens is 2. The summed E-state index contributed by atoms with van der Waals surface area (Å²) in [4.78, 5) is 36.4. The molecule has 1 saturated carbocycles. The molecule has 0 radical (unpaired) electrons. The summed E-state index contributed by atoms with van der Waals surface area (Å²) in [5, 5.41) is 17.5. The standard InChI is InChI=1S/C25H29N5O3/c31-22(26-17-8-2-1-3-9-17)14-7-15-23(32)27-18-10-6-11-19(16-18)28-24-20-12-4-5-13-21(20)25(33)30-29-24/h1-5,8-9,12-13,18-19H,6-7,10-11,14-16H2,(H,26,31)(H,27,32)(H,28,29)(H,30,33). The maximum Gasteiger partial charge on any atom is 0.272 e. The van der Waals surface area contributed by atoms with Gasteiger partial charge in [-0.25, -0.2) is 5.10 Å². The Morgan fingerprint density at radius 3 is 2.42 bits per heavy atom. The topological polar surface area (TPSA) is 116 Å². The molecule has 2 unspecified atom stereocenters. The average molecular weight is 448 g/mol. The predicted molar refractivity (Wildman–Crippen MR) is 129 cm³/mol. The van der Waals surface area contributed by atoms with Crippen LogP contribution < -0.4 is 21.5 Å². The number of anilines is 2.